The van der Waals surface area contributed by atoms with E-state index in [4.69, 9.17) is 11.6 Å². The van der Waals surface area contributed by atoms with Gasteiger partial charge in [-0.3, -0.25) is 0 Å². The van der Waals surface area contributed by atoms with Crippen LogP contribution in [0, 0.1) is 18.7 Å². The van der Waals surface area contributed by atoms with Gasteiger partial charge in [0.1, 0.15) is 11.6 Å². The van der Waals surface area contributed by atoms with Gasteiger partial charge < -0.3 is 4.57 Å². The number of halogens is 2. The largest absolute Gasteiger partial charge is 0.324 e. The van der Waals surface area contributed by atoms with E-state index >= 15 is 0 Å². The predicted molar refractivity (Wildman–Crippen MR) is 78.2 cm³/mol. The molecule has 2 rings (SSSR count). The van der Waals surface area contributed by atoms with Crippen molar-refractivity contribution >= 4 is 22.6 Å². The molecule has 1 heterocycles. The fourth-order valence-electron chi connectivity index (χ4n) is 2.64. The Bertz CT molecular complexity index is 589. The van der Waals surface area contributed by atoms with E-state index in [1.54, 1.807) is 6.92 Å². The van der Waals surface area contributed by atoms with Gasteiger partial charge in [0.15, 0.2) is 0 Å². The molecule has 1 aromatic carbocycles. The first-order chi connectivity index (χ1) is 8.93. The molecule has 0 N–H and O–H groups in total. The zero-order valence-electron chi connectivity index (χ0n) is 11.9. The number of nitrogens with zero attached hydrogens (tertiary/aromatic N) is 2. The molecular formula is C15H20ClFN2. The van der Waals surface area contributed by atoms with Crippen LogP contribution in [0.1, 0.15) is 44.6 Å². The molecule has 0 radical (unpaired) electrons. The highest BCUT2D eigenvalue weighted by atomic mass is 35.5. The van der Waals surface area contributed by atoms with Crippen molar-refractivity contribution in [1.82, 2.24) is 9.55 Å². The van der Waals surface area contributed by atoms with E-state index in [0.29, 0.717) is 28.9 Å². The molecule has 0 aliphatic carbocycles. The van der Waals surface area contributed by atoms with Crippen molar-refractivity contribution in [2.24, 2.45) is 5.92 Å². The van der Waals surface area contributed by atoms with E-state index in [9.17, 15) is 4.39 Å². The van der Waals surface area contributed by atoms with E-state index in [2.05, 4.69) is 30.3 Å². The molecule has 104 valence electrons. The summed E-state index contributed by atoms with van der Waals surface area (Å²) in [5, 5.41) is 0. The summed E-state index contributed by atoms with van der Waals surface area (Å²) in [7, 11) is 0. The van der Waals surface area contributed by atoms with E-state index < -0.39 is 0 Å². The Morgan fingerprint density at radius 1 is 1.32 bits per heavy atom. The second-order valence-electron chi connectivity index (χ2n) is 5.60. The van der Waals surface area contributed by atoms with Crippen LogP contribution in [0.3, 0.4) is 0 Å². The topological polar surface area (TPSA) is 17.8 Å². The first-order valence-electron chi connectivity index (χ1n) is 6.67. The van der Waals surface area contributed by atoms with Gasteiger partial charge in [0.25, 0.3) is 0 Å². The summed E-state index contributed by atoms with van der Waals surface area (Å²) in [6.45, 7) is 8.33. The average Bonchev–Trinajstić information content (AvgIpc) is 2.66. The van der Waals surface area contributed by atoms with Gasteiger partial charge in [0, 0.05) is 12.1 Å². The Morgan fingerprint density at radius 2 is 2.00 bits per heavy atom. The van der Waals surface area contributed by atoms with Crippen LogP contribution in [0.15, 0.2) is 12.1 Å². The molecule has 0 spiro atoms. The Balaban J connectivity index is 2.59. The molecule has 0 bridgehead atoms. The van der Waals surface area contributed by atoms with E-state index in [1.165, 1.54) is 6.07 Å². The number of hydrogen-bond donors (Lipinski definition) is 0. The van der Waals surface area contributed by atoms with Crippen molar-refractivity contribution < 1.29 is 4.39 Å². The smallest absolute Gasteiger partial charge is 0.128 e. The van der Waals surface area contributed by atoms with Gasteiger partial charge in [-0.25, -0.2) is 9.37 Å². The third-order valence-corrected chi connectivity index (χ3v) is 3.65. The highest BCUT2D eigenvalue weighted by Gasteiger charge is 2.17. The minimum absolute atomic E-state index is 0.213. The summed E-state index contributed by atoms with van der Waals surface area (Å²) in [5.41, 5.74) is 2.31. The van der Waals surface area contributed by atoms with Crippen LogP contribution in [0.2, 0.25) is 0 Å². The van der Waals surface area contributed by atoms with Gasteiger partial charge >= 0.3 is 0 Å². The first kappa shape index (κ1) is 14.3. The number of alkyl halides is 1. The van der Waals surface area contributed by atoms with Crippen LogP contribution in [-0.4, -0.2) is 9.55 Å². The third-order valence-electron chi connectivity index (χ3n) is 3.42. The van der Waals surface area contributed by atoms with Crippen LogP contribution < -0.4 is 0 Å². The molecule has 19 heavy (non-hydrogen) atoms. The highest BCUT2D eigenvalue weighted by Crippen LogP contribution is 2.27. The maximum Gasteiger partial charge on any atom is 0.128 e. The maximum atomic E-state index is 13.6. The van der Waals surface area contributed by atoms with E-state index in [-0.39, 0.29) is 5.82 Å². The lowest BCUT2D eigenvalue weighted by atomic mass is 10.0. The number of aryl methyl sites for hydroxylation is 1. The van der Waals surface area contributed by atoms with Crippen molar-refractivity contribution in [3.8, 4) is 0 Å². The van der Waals surface area contributed by atoms with E-state index in [1.807, 2.05) is 6.07 Å². The quantitative estimate of drug-likeness (QED) is 0.735. The Morgan fingerprint density at radius 3 is 2.58 bits per heavy atom. The maximum absolute atomic E-state index is 13.6. The average molecular weight is 283 g/mol. The summed E-state index contributed by atoms with van der Waals surface area (Å²) < 4.78 is 15.8. The summed E-state index contributed by atoms with van der Waals surface area (Å²) in [5.74, 6) is 1.54. The van der Waals surface area contributed by atoms with E-state index in [0.717, 1.165) is 17.8 Å². The van der Waals surface area contributed by atoms with Crippen molar-refractivity contribution in [3.05, 3.63) is 29.3 Å². The molecule has 1 atom stereocenters. The van der Waals surface area contributed by atoms with Crippen LogP contribution in [0.5, 0.6) is 0 Å². The van der Waals surface area contributed by atoms with Crippen LogP contribution >= 0.6 is 11.6 Å². The van der Waals surface area contributed by atoms with Crippen LogP contribution in [0.25, 0.3) is 11.0 Å². The van der Waals surface area contributed by atoms with Gasteiger partial charge in [0.2, 0.25) is 0 Å². The molecule has 0 aliphatic rings. The molecule has 2 aromatic rings. The molecule has 0 amide bonds. The molecule has 2 nitrogen and oxygen atoms in total. The Kier molecular flexibility index (Phi) is 4.14. The number of imidazole rings is 1. The molecule has 0 fully saturated rings. The van der Waals surface area contributed by atoms with Crippen molar-refractivity contribution in [2.45, 2.75) is 46.0 Å². The van der Waals surface area contributed by atoms with Gasteiger partial charge in [-0.2, -0.15) is 0 Å². The van der Waals surface area contributed by atoms with Gasteiger partial charge in [0.05, 0.1) is 16.9 Å². The van der Waals surface area contributed by atoms with Crippen molar-refractivity contribution in [1.29, 1.82) is 0 Å². The molecule has 1 aromatic heterocycles. The normalized spacial score (nSPS) is 13.4. The SMILES string of the molecule is Cc1cc2c(cc1F)nc(CCl)n2C(C)CC(C)C. The minimum atomic E-state index is -0.213. The Labute approximate surface area is 118 Å². The standard InChI is InChI=1S/C15H20ClFN2/c1-9(2)5-11(4)19-14-6-10(3)12(17)7-13(14)18-15(19)8-16/h6-7,9,11H,5,8H2,1-4H3. The number of benzene rings is 1. The first-order valence-corrected chi connectivity index (χ1v) is 7.20. The molecule has 0 saturated heterocycles. The third kappa shape index (κ3) is 2.76. The number of hydrogen-bond acceptors (Lipinski definition) is 1. The molecule has 4 heteroatoms. The lowest BCUT2D eigenvalue weighted by molar-refractivity contribution is 0.428. The Hall–Kier alpha value is -1.09. The summed E-state index contributed by atoms with van der Waals surface area (Å²) in [4.78, 5) is 4.45. The minimum Gasteiger partial charge on any atom is -0.324 e. The van der Waals surface area contributed by atoms with Gasteiger partial charge in [-0.05, 0) is 37.8 Å². The summed E-state index contributed by atoms with van der Waals surface area (Å²) in [6, 6.07) is 3.67. The van der Waals surface area contributed by atoms with Gasteiger partial charge in [-0.15, -0.1) is 11.6 Å². The summed E-state index contributed by atoms with van der Waals surface area (Å²) in [6.07, 6.45) is 1.05. The summed E-state index contributed by atoms with van der Waals surface area (Å²) >= 11 is 5.99. The fraction of sp³-hybridized carbons (Fsp3) is 0.533. The number of aromatic nitrogens is 2. The van der Waals surface area contributed by atoms with Crippen molar-refractivity contribution in [3.63, 3.8) is 0 Å². The lowest BCUT2D eigenvalue weighted by Crippen LogP contribution is -2.11. The van der Waals surface area contributed by atoms with Crippen LogP contribution in [-0.2, 0) is 5.88 Å². The lowest BCUT2D eigenvalue weighted by Gasteiger charge is -2.19. The number of rotatable bonds is 4. The molecular weight excluding hydrogens is 263 g/mol. The predicted octanol–water partition coefficient (Wildman–Crippen LogP) is 4.83. The zero-order chi connectivity index (χ0) is 14.2. The molecule has 1 unspecified atom stereocenters. The monoisotopic (exact) mass is 282 g/mol. The highest BCUT2D eigenvalue weighted by molar-refractivity contribution is 6.16. The fourth-order valence-corrected chi connectivity index (χ4v) is 2.83. The second kappa shape index (κ2) is 5.49. The second-order valence-corrected chi connectivity index (χ2v) is 5.87. The number of fused-ring (bicyclic) bond motifs is 1. The van der Waals surface area contributed by atoms with Gasteiger partial charge in [-0.1, -0.05) is 13.8 Å². The zero-order valence-corrected chi connectivity index (χ0v) is 12.6. The van der Waals surface area contributed by atoms with Crippen molar-refractivity contribution in [2.75, 3.05) is 0 Å². The van der Waals surface area contributed by atoms with Crippen LogP contribution in [0.4, 0.5) is 4.39 Å². The molecule has 0 saturated carbocycles. The molecule has 0 aliphatic heterocycles.